The second-order valence-corrected chi connectivity index (χ2v) is 9.33. The maximum atomic E-state index is 13.6. The van der Waals surface area contributed by atoms with Crippen LogP contribution < -0.4 is 15.8 Å². The van der Waals surface area contributed by atoms with Gasteiger partial charge in [0.05, 0.1) is 11.6 Å². The zero-order valence-electron chi connectivity index (χ0n) is 20.0. The van der Waals surface area contributed by atoms with Crippen molar-refractivity contribution in [1.82, 2.24) is 10.2 Å². The highest BCUT2D eigenvalue weighted by molar-refractivity contribution is 5.92. The molecule has 0 unspecified atom stereocenters. The van der Waals surface area contributed by atoms with Gasteiger partial charge < -0.3 is 20.5 Å². The molecule has 3 N–H and O–H groups in total. The first-order valence-corrected chi connectivity index (χ1v) is 12.0. The lowest BCUT2D eigenvalue weighted by atomic mass is 9.86. The van der Waals surface area contributed by atoms with Crippen LogP contribution in [0.25, 0.3) is 0 Å². The van der Waals surface area contributed by atoms with E-state index in [0.717, 1.165) is 17.7 Å². The van der Waals surface area contributed by atoms with E-state index in [1.807, 2.05) is 6.92 Å². The van der Waals surface area contributed by atoms with Gasteiger partial charge in [0.15, 0.2) is 0 Å². The summed E-state index contributed by atoms with van der Waals surface area (Å²) in [5.41, 5.74) is 4.98. The number of rotatable bonds is 7. The molecule has 2 aliphatic heterocycles. The van der Waals surface area contributed by atoms with Crippen LogP contribution in [-0.2, 0) is 15.7 Å². The number of likely N-dealkylation sites (tertiary alicyclic amines) is 1. The molecule has 2 atom stereocenters. The number of benzene rings is 2. The molecule has 2 aromatic carbocycles. The van der Waals surface area contributed by atoms with E-state index in [1.54, 1.807) is 24.3 Å². The lowest BCUT2D eigenvalue weighted by Crippen LogP contribution is -2.61. The third-order valence-corrected chi connectivity index (χ3v) is 7.00. The van der Waals surface area contributed by atoms with E-state index in [4.69, 9.17) is 15.2 Å². The topological polar surface area (TPSA) is 93.9 Å². The van der Waals surface area contributed by atoms with Gasteiger partial charge >= 0.3 is 6.18 Å². The highest BCUT2D eigenvalue weighted by atomic mass is 19.4. The van der Waals surface area contributed by atoms with Gasteiger partial charge in [0.1, 0.15) is 17.4 Å². The molecule has 0 aromatic heterocycles. The fourth-order valence-electron chi connectivity index (χ4n) is 4.90. The Balaban J connectivity index is 1.45. The van der Waals surface area contributed by atoms with Crippen molar-refractivity contribution in [3.63, 3.8) is 0 Å². The highest BCUT2D eigenvalue weighted by Gasteiger charge is 2.48. The number of carbonyl (C=O) groups excluding carboxylic acids is 2. The van der Waals surface area contributed by atoms with Gasteiger partial charge in [-0.2, -0.15) is 13.2 Å². The molecule has 4 rings (SSSR count). The van der Waals surface area contributed by atoms with Crippen molar-refractivity contribution in [2.24, 2.45) is 5.73 Å². The van der Waals surface area contributed by atoms with E-state index >= 15 is 0 Å². The summed E-state index contributed by atoms with van der Waals surface area (Å²) < 4.78 is 50.6. The molecule has 2 aliphatic rings. The van der Waals surface area contributed by atoms with Crippen LogP contribution >= 0.6 is 0 Å². The Morgan fingerprint density at radius 1 is 1.17 bits per heavy atom. The summed E-state index contributed by atoms with van der Waals surface area (Å²) in [5, 5.41) is 3.10. The van der Waals surface area contributed by atoms with Gasteiger partial charge in [0.2, 0.25) is 11.8 Å². The molecule has 0 radical (unpaired) electrons. The summed E-state index contributed by atoms with van der Waals surface area (Å²) in [6.45, 7) is 3.74. The SMILES string of the molecule is C[C@H](NC(=O)C1(N2CC[C@@H](Oc3cccc(C(F)(F)F)c3)C2)CCOCC1)c1ccc(C(N)=O)cc1. The molecule has 0 aliphatic carbocycles. The van der Waals surface area contributed by atoms with Gasteiger partial charge in [-0.3, -0.25) is 14.5 Å². The summed E-state index contributed by atoms with van der Waals surface area (Å²) in [7, 11) is 0. The molecule has 7 nitrogen and oxygen atoms in total. The minimum atomic E-state index is -4.44. The normalized spacial score (nSPS) is 21.1. The van der Waals surface area contributed by atoms with Gasteiger partial charge in [-0.25, -0.2) is 0 Å². The number of ether oxygens (including phenoxy) is 2. The van der Waals surface area contributed by atoms with E-state index in [0.29, 0.717) is 51.1 Å². The van der Waals surface area contributed by atoms with Crippen molar-refractivity contribution in [3.8, 4) is 5.75 Å². The minimum Gasteiger partial charge on any atom is -0.489 e. The molecule has 2 heterocycles. The number of primary amides is 1. The molecule has 2 amide bonds. The molecule has 194 valence electrons. The largest absolute Gasteiger partial charge is 0.489 e. The summed E-state index contributed by atoms with van der Waals surface area (Å²) >= 11 is 0. The fourth-order valence-corrected chi connectivity index (χ4v) is 4.90. The van der Waals surface area contributed by atoms with Gasteiger partial charge in [0, 0.05) is 31.9 Å². The first-order valence-electron chi connectivity index (χ1n) is 12.0. The average molecular weight is 506 g/mol. The van der Waals surface area contributed by atoms with Gasteiger partial charge in [-0.05, 0) is 62.1 Å². The van der Waals surface area contributed by atoms with E-state index < -0.39 is 23.2 Å². The number of carbonyl (C=O) groups is 2. The summed E-state index contributed by atoms with van der Waals surface area (Å²) in [6.07, 6.45) is -3.18. The number of alkyl halides is 3. The summed E-state index contributed by atoms with van der Waals surface area (Å²) in [5.74, 6) is -0.484. The zero-order valence-corrected chi connectivity index (χ0v) is 20.0. The van der Waals surface area contributed by atoms with E-state index in [1.165, 1.54) is 12.1 Å². The van der Waals surface area contributed by atoms with Crippen molar-refractivity contribution < 1.29 is 32.2 Å². The standard InChI is InChI=1S/C26H30F3N3O4/c1-17(18-5-7-19(8-6-18)23(30)33)31-24(34)25(10-13-35-14-11-25)32-12-9-22(16-32)36-21-4-2-3-20(15-21)26(27,28)29/h2-8,15,17,22H,9-14,16H2,1H3,(H2,30,33)(H,31,34)/t17-,22+/m0/s1. The third kappa shape index (κ3) is 5.65. The molecule has 10 heteroatoms. The Morgan fingerprint density at radius 3 is 2.50 bits per heavy atom. The lowest BCUT2D eigenvalue weighted by Gasteiger charge is -2.43. The number of nitrogens with zero attached hydrogens (tertiary/aromatic N) is 1. The van der Waals surface area contributed by atoms with Crippen molar-refractivity contribution in [2.75, 3.05) is 26.3 Å². The van der Waals surface area contributed by atoms with Gasteiger partial charge in [0.25, 0.3) is 0 Å². The molecule has 36 heavy (non-hydrogen) atoms. The van der Waals surface area contributed by atoms with Crippen LogP contribution in [0.1, 0.15) is 53.7 Å². The molecular weight excluding hydrogens is 475 g/mol. The average Bonchev–Trinajstić information content (AvgIpc) is 3.33. The molecular formula is C26H30F3N3O4. The van der Waals surface area contributed by atoms with Crippen molar-refractivity contribution >= 4 is 11.8 Å². The first-order chi connectivity index (χ1) is 17.1. The Bertz CT molecular complexity index is 1080. The fraction of sp³-hybridized carbons (Fsp3) is 0.462. The maximum Gasteiger partial charge on any atom is 0.416 e. The van der Waals surface area contributed by atoms with Crippen LogP contribution in [0.3, 0.4) is 0 Å². The van der Waals surface area contributed by atoms with Crippen LogP contribution in [0, 0.1) is 0 Å². The number of hydrogen-bond donors (Lipinski definition) is 2. The minimum absolute atomic E-state index is 0.128. The van der Waals surface area contributed by atoms with Crippen molar-refractivity contribution in [1.29, 1.82) is 0 Å². The monoisotopic (exact) mass is 505 g/mol. The number of hydrogen-bond acceptors (Lipinski definition) is 5. The Kier molecular flexibility index (Phi) is 7.56. The predicted octanol–water partition coefficient (Wildman–Crippen LogP) is 3.68. The van der Waals surface area contributed by atoms with Crippen LogP contribution in [0.5, 0.6) is 5.75 Å². The summed E-state index contributed by atoms with van der Waals surface area (Å²) in [4.78, 5) is 27.0. The Hall–Kier alpha value is -3.11. The van der Waals surface area contributed by atoms with Crippen molar-refractivity contribution in [2.45, 2.75) is 50.0 Å². The molecule has 2 aromatic rings. The number of nitrogens with two attached hydrogens (primary N) is 1. The number of nitrogens with one attached hydrogen (secondary N) is 1. The summed E-state index contributed by atoms with van der Waals surface area (Å²) in [6, 6.07) is 11.3. The van der Waals surface area contributed by atoms with Crippen LogP contribution in [0.2, 0.25) is 0 Å². The second-order valence-electron chi connectivity index (χ2n) is 9.33. The number of amides is 2. The molecule has 0 saturated carbocycles. The smallest absolute Gasteiger partial charge is 0.416 e. The zero-order chi connectivity index (χ0) is 25.9. The van der Waals surface area contributed by atoms with E-state index in [-0.39, 0.29) is 23.8 Å². The number of halogens is 3. The van der Waals surface area contributed by atoms with Gasteiger partial charge in [-0.15, -0.1) is 0 Å². The van der Waals surface area contributed by atoms with Gasteiger partial charge in [-0.1, -0.05) is 18.2 Å². The van der Waals surface area contributed by atoms with Crippen LogP contribution in [-0.4, -0.2) is 54.7 Å². The first kappa shape index (κ1) is 26.0. The second kappa shape index (κ2) is 10.5. The van der Waals surface area contributed by atoms with Crippen LogP contribution in [0.4, 0.5) is 13.2 Å². The maximum absolute atomic E-state index is 13.6. The van der Waals surface area contributed by atoms with E-state index in [2.05, 4.69) is 10.2 Å². The quantitative estimate of drug-likeness (QED) is 0.599. The molecule has 0 spiro atoms. The molecule has 2 fully saturated rings. The Morgan fingerprint density at radius 2 is 1.86 bits per heavy atom. The highest BCUT2D eigenvalue weighted by Crippen LogP contribution is 2.35. The van der Waals surface area contributed by atoms with Crippen LogP contribution in [0.15, 0.2) is 48.5 Å². The predicted molar refractivity (Wildman–Crippen MR) is 126 cm³/mol. The third-order valence-electron chi connectivity index (χ3n) is 7.00. The molecule has 2 saturated heterocycles. The lowest BCUT2D eigenvalue weighted by molar-refractivity contribution is -0.141. The van der Waals surface area contributed by atoms with Crippen molar-refractivity contribution in [3.05, 3.63) is 65.2 Å². The van der Waals surface area contributed by atoms with E-state index in [9.17, 15) is 22.8 Å². The Labute approximate surface area is 207 Å². The molecule has 0 bridgehead atoms.